The lowest BCUT2D eigenvalue weighted by Crippen LogP contribution is -2.38. The van der Waals surface area contributed by atoms with Crippen molar-refractivity contribution in [1.29, 1.82) is 0 Å². The summed E-state index contributed by atoms with van der Waals surface area (Å²) in [5.74, 6) is -0.00347. The van der Waals surface area contributed by atoms with E-state index in [9.17, 15) is 4.79 Å². The SMILES string of the molecule is CCCC(N)CC(=O)NC(CC)CCO. The van der Waals surface area contributed by atoms with Gasteiger partial charge in [0.25, 0.3) is 0 Å². The number of carbonyl (C=O) groups excluding carboxylic acids is 1. The standard InChI is InChI=1S/C11H24N2O2/c1-3-5-9(12)8-11(15)13-10(4-2)6-7-14/h9-10,14H,3-8,12H2,1-2H3,(H,13,15). The fourth-order valence-corrected chi connectivity index (χ4v) is 1.53. The average molecular weight is 216 g/mol. The van der Waals surface area contributed by atoms with Gasteiger partial charge in [-0.15, -0.1) is 0 Å². The van der Waals surface area contributed by atoms with Crippen LogP contribution < -0.4 is 11.1 Å². The fourth-order valence-electron chi connectivity index (χ4n) is 1.53. The Morgan fingerprint density at radius 1 is 1.40 bits per heavy atom. The van der Waals surface area contributed by atoms with Crippen molar-refractivity contribution >= 4 is 5.91 Å². The molecule has 0 radical (unpaired) electrons. The Balaban J connectivity index is 3.79. The molecule has 0 heterocycles. The van der Waals surface area contributed by atoms with Gasteiger partial charge in [-0.3, -0.25) is 4.79 Å². The van der Waals surface area contributed by atoms with E-state index in [4.69, 9.17) is 10.8 Å². The third-order valence-corrected chi connectivity index (χ3v) is 2.44. The summed E-state index contributed by atoms with van der Waals surface area (Å²) < 4.78 is 0. The van der Waals surface area contributed by atoms with Crippen molar-refractivity contribution in [2.24, 2.45) is 5.73 Å². The molecule has 0 aromatic heterocycles. The maximum Gasteiger partial charge on any atom is 0.221 e. The van der Waals surface area contributed by atoms with E-state index in [1.54, 1.807) is 0 Å². The molecule has 15 heavy (non-hydrogen) atoms. The number of rotatable bonds is 8. The van der Waals surface area contributed by atoms with Crippen molar-refractivity contribution < 1.29 is 9.90 Å². The Morgan fingerprint density at radius 3 is 2.53 bits per heavy atom. The van der Waals surface area contributed by atoms with Crippen molar-refractivity contribution in [2.45, 2.75) is 58.0 Å². The Kier molecular flexibility index (Phi) is 8.33. The van der Waals surface area contributed by atoms with E-state index < -0.39 is 0 Å². The highest BCUT2D eigenvalue weighted by Gasteiger charge is 2.12. The van der Waals surface area contributed by atoms with Crippen LogP contribution in [0.3, 0.4) is 0 Å². The molecule has 2 unspecified atom stereocenters. The summed E-state index contributed by atoms with van der Waals surface area (Å²) in [6, 6.07) is 0.0398. The van der Waals surface area contributed by atoms with Gasteiger partial charge in [0, 0.05) is 25.1 Å². The van der Waals surface area contributed by atoms with Gasteiger partial charge in [0.1, 0.15) is 0 Å². The molecule has 0 saturated heterocycles. The zero-order valence-corrected chi connectivity index (χ0v) is 9.83. The Bertz CT molecular complexity index is 174. The van der Waals surface area contributed by atoms with Crippen molar-refractivity contribution in [1.82, 2.24) is 5.32 Å². The van der Waals surface area contributed by atoms with E-state index in [1.165, 1.54) is 0 Å². The molecule has 0 aliphatic rings. The number of aliphatic hydroxyl groups is 1. The van der Waals surface area contributed by atoms with Gasteiger partial charge in [-0.1, -0.05) is 20.3 Å². The minimum atomic E-state index is -0.0402. The van der Waals surface area contributed by atoms with Gasteiger partial charge in [0.2, 0.25) is 5.91 Å². The molecule has 1 amide bonds. The first-order valence-electron chi connectivity index (χ1n) is 5.79. The summed E-state index contributed by atoms with van der Waals surface area (Å²) in [5.41, 5.74) is 5.77. The third-order valence-electron chi connectivity index (χ3n) is 2.44. The number of aliphatic hydroxyl groups excluding tert-OH is 1. The normalized spacial score (nSPS) is 14.7. The van der Waals surface area contributed by atoms with Crippen LogP contribution in [-0.2, 0) is 4.79 Å². The smallest absolute Gasteiger partial charge is 0.221 e. The summed E-state index contributed by atoms with van der Waals surface area (Å²) >= 11 is 0. The van der Waals surface area contributed by atoms with E-state index in [0.29, 0.717) is 12.8 Å². The number of hydrogen-bond acceptors (Lipinski definition) is 3. The molecule has 0 aromatic rings. The maximum absolute atomic E-state index is 11.5. The zero-order chi connectivity index (χ0) is 11.7. The largest absolute Gasteiger partial charge is 0.396 e. The van der Waals surface area contributed by atoms with Crippen LogP contribution in [0.1, 0.15) is 46.0 Å². The molecule has 4 heteroatoms. The van der Waals surface area contributed by atoms with Gasteiger partial charge in [0.15, 0.2) is 0 Å². The molecule has 0 rings (SSSR count). The summed E-state index contributed by atoms with van der Waals surface area (Å²) in [7, 11) is 0. The molecule has 2 atom stereocenters. The number of hydrogen-bond donors (Lipinski definition) is 3. The van der Waals surface area contributed by atoms with Crippen molar-refractivity contribution in [3.63, 3.8) is 0 Å². The average Bonchev–Trinajstić information content (AvgIpc) is 2.17. The van der Waals surface area contributed by atoms with Crippen LogP contribution in [-0.4, -0.2) is 29.7 Å². The molecule has 0 bridgehead atoms. The molecule has 90 valence electrons. The highest BCUT2D eigenvalue weighted by Crippen LogP contribution is 2.01. The van der Waals surface area contributed by atoms with Crippen LogP contribution in [0.4, 0.5) is 0 Å². The first kappa shape index (κ1) is 14.4. The first-order chi connectivity index (χ1) is 7.13. The lowest BCUT2D eigenvalue weighted by molar-refractivity contribution is -0.122. The Labute approximate surface area is 92.2 Å². The summed E-state index contributed by atoms with van der Waals surface area (Å²) in [4.78, 5) is 11.5. The second-order valence-corrected chi connectivity index (χ2v) is 3.94. The van der Waals surface area contributed by atoms with Crippen LogP contribution in [0.5, 0.6) is 0 Å². The molecule has 0 spiro atoms. The molecule has 0 aromatic carbocycles. The van der Waals surface area contributed by atoms with E-state index in [1.807, 2.05) is 6.92 Å². The molecule has 4 nitrogen and oxygen atoms in total. The molecular weight excluding hydrogens is 192 g/mol. The summed E-state index contributed by atoms with van der Waals surface area (Å²) in [5, 5.41) is 11.6. The molecular formula is C11H24N2O2. The van der Waals surface area contributed by atoms with E-state index >= 15 is 0 Å². The zero-order valence-electron chi connectivity index (χ0n) is 9.83. The number of nitrogens with one attached hydrogen (secondary N) is 1. The third kappa shape index (κ3) is 7.33. The topological polar surface area (TPSA) is 75.4 Å². The van der Waals surface area contributed by atoms with Gasteiger partial charge in [-0.2, -0.15) is 0 Å². The second kappa shape index (κ2) is 8.68. The quantitative estimate of drug-likeness (QED) is 0.561. The predicted molar refractivity (Wildman–Crippen MR) is 61.4 cm³/mol. The number of amides is 1. The molecule has 0 aliphatic carbocycles. The highest BCUT2D eigenvalue weighted by atomic mass is 16.3. The lowest BCUT2D eigenvalue weighted by atomic mass is 10.1. The van der Waals surface area contributed by atoms with Crippen molar-refractivity contribution in [3.8, 4) is 0 Å². The lowest BCUT2D eigenvalue weighted by Gasteiger charge is -2.17. The van der Waals surface area contributed by atoms with Gasteiger partial charge in [-0.25, -0.2) is 0 Å². The van der Waals surface area contributed by atoms with Crippen LogP contribution in [0.25, 0.3) is 0 Å². The van der Waals surface area contributed by atoms with E-state index in [0.717, 1.165) is 19.3 Å². The minimum Gasteiger partial charge on any atom is -0.396 e. The number of nitrogens with two attached hydrogens (primary N) is 1. The molecule has 0 fully saturated rings. The van der Waals surface area contributed by atoms with Gasteiger partial charge in [-0.05, 0) is 19.3 Å². The highest BCUT2D eigenvalue weighted by molar-refractivity contribution is 5.76. The molecule has 4 N–H and O–H groups in total. The fraction of sp³-hybridized carbons (Fsp3) is 0.909. The van der Waals surface area contributed by atoms with Gasteiger partial charge < -0.3 is 16.2 Å². The Hall–Kier alpha value is -0.610. The number of carbonyl (C=O) groups is 1. The van der Waals surface area contributed by atoms with Gasteiger partial charge in [0.05, 0.1) is 0 Å². The van der Waals surface area contributed by atoms with E-state index in [2.05, 4.69) is 12.2 Å². The van der Waals surface area contributed by atoms with Crippen LogP contribution >= 0.6 is 0 Å². The second-order valence-electron chi connectivity index (χ2n) is 3.94. The van der Waals surface area contributed by atoms with Crippen molar-refractivity contribution in [3.05, 3.63) is 0 Å². The first-order valence-corrected chi connectivity index (χ1v) is 5.79. The predicted octanol–water partition coefficient (Wildman–Crippen LogP) is 0.781. The molecule has 0 aliphatic heterocycles. The summed E-state index contributed by atoms with van der Waals surface area (Å²) in [6.45, 7) is 4.16. The minimum absolute atomic E-state index is 0.00347. The van der Waals surface area contributed by atoms with Crippen molar-refractivity contribution in [2.75, 3.05) is 6.61 Å². The van der Waals surface area contributed by atoms with Crippen LogP contribution in [0.2, 0.25) is 0 Å². The van der Waals surface area contributed by atoms with Gasteiger partial charge >= 0.3 is 0 Å². The molecule has 0 saturated carbocycles. The Morgan fingerprint density at radius 2 is 2.07 bits per heavy atom. The summed E-state index contributed by atoms with van der Waals surface area (Å²) in [6.07, 6.45) is 3.73. The monoisotopic (exact) mass is 216 g/mol. The maximum atomic E-state index is 11.5. The van der Waals surface area contributed by atoms with E-state index in [-0.39, 0.29) is 24.6 Å². The van der Waals surface area contributed by atoms with Crippen LogP contribution in [0, 0.1) is 0 Å². The van der Waals surface area contributed by atoms with Crippen LogP contribution in [0.15, 0.2) is 0 Å².